The highest BCUT2D eigenvalue weighted by molar-refractivity contribution is 5.13. The number of nitrogens with one attached hydrogen (secondary N) is 1. The van der Waals surface area contributed by atoms with Crippen molar-refractivity contribution in [3.05, 3.63) is 35.2 Å². The van der Waals surface area contributed by atoms with Gasteiger partial charge in [-0.2, -0.15) is 0 Å². The summed E-state index contributed by atoms with van der Waals surface area (Å²) in [5.41, 5.74) is 4.10. The van der Waals surface area contributed by atoms with Crippen LogP contribution < -0.4 is 0 Å². The fraction of sp³-hybridized carbons (Fsp3) is 0.500. The monoisotopic (exact) mass is 177 g/mol. The molecule has 1 N–H and O–H groups in total. The van der Waals surface area contributed by atoms with Crippen molar-refractivity contribution in [3.63, 3.8) is 0 Å². The minimum absolute atomic E-state index is 1.10. The van der Waals surface area contributed by atoms with Gasteiger partial charge in [0.15, 0.2) is 0 Å². The maximum absolute atomic E-state index is 3.41. The van der Waals surface area contributed by atoms with E-state index in [1.165, 1.54) is 17.0 Å². The third kappa shape index (κ3) is 3.49. The Bertz CT molecular complexity index is 277. The number of allylic oxidation sites excluding steroid dienone is 2. The molecule has 72 valence electrons. The highest BCUT2D eigenvalue weighted by atomic mass is 14.7. The van der Waals surface area contributed by atoms with Gasteiger partial charge in [0, 0.05) is 11.4 Å². The minimum atomic E-state index is 1.10. The number of H-pyrrole nitrogens is 1. The van der Waals surface area contributed by atoms with Crippen molar-refractivity contribution in [2.24, 2.45) is 0 Å². The molecule has 0 amide bonds. The number of rotatable bonds is 4. The first-order valence-electron chi connectivity index (χ1n) is 5.02. The number of hydrogen-bond acceptors (Lipinski definition) is 0. The number of aryl methyl sites for hydroxylation is 2. The molecule has 0 spiro atoms. The van der Waals surface area contributed by atoms with E-state index < -0.39 is 0 Å². The Labute approximate surface area is 80.9 Å². The molecule has 0 aliphatic carbocycles. The molecular formula is C12H19N. The standard InChI is InChI=1S/C12H19N/c1-4-11-8-9-12(13-11)7-5-6-10(2)3/h6,8-9,13H,4-5,7H2,1-3H3. The van der Waals surface area contributed by atoms with Crippen molar-refractivity contribution in [3.8, 4) is 0 Å². The van der Waals surface area contributed by atoms with Crippen molar-refractivity contribution in [1.82, 2.24) is 4.98 Å². The van der Waals surface area contributed by atoms with Crippen LogP contribution in [0.5, 0.6) is 0 Å². The predicted molar refractivity (Wildman–Crippen MR) is 57.9 cm³/mol. The zero-order valence-electron chi connectivity index (χ0n) is 8.85. The lowest BCUT2D eigenvalue weighted by Gasteiger charge is -1.94. The molecule has 0 aliphatic rings. The lowest BCUT2D eigenvalue weighted by molar-refractivity contribution is 0.927. The molecule has 0 radical (unpaired) electrons. The van der Waals surface area contributed by atoms with E-state index in [9.17, 15) is 0 Å². The molecule has 0 unspecified atom stereocenters. The highest BCUT2D eigenvalue weighted by Crippen LogP contribution is 2.06. The van der Waals surface area contributed by atoms with Gasteiger partial charge in [0.05, 0.1) is 0 Å². The Kier molecular flexibility index (Phi) is 3.81. The number of aromatic amines is 1. The van der Waals surface area contributed by atoms with E-state index in [1.807, 2.05) is 0 Å². The van der Waals surface area contributed by atoms with Crippen LogP contribution in [0.1, 0.15) is 38.6 Å². The Balaban J connectivity index is 2.41. The maximum atomic E-state index is 3.41. The second-order valence-corrected chi connectivity index (χ2v) is 3.68. The van der Waals surface area contributed by atoms with Gasteiger partial charge in [-0.15, -0.1) is 0 Å². The smallest absolute Gasteiger partial charge is 0.0152 e. The summed E-state index contributed by atoms with van der Waals surface area (Å²) in [4.78, 5) is 3.41. The highest BCUT2D eigenvalue weighted by Gasteiger charge is 1.95. The summed E-state index contributed by atoms with van der Waals surface area (Å²) in [6, 6.07) is 4.37. The molecule has 13 heavy (non-hydrogen) atoms. The van der Waals surface area contributed by atoms with Crippen LogP contribution in [0.2, 0.25) is 0 Å². The van der Waals surface area contributed by atoms with Crippen LogP contribution in [0.25, 0.3) is 0 Å². The van der Waals surface area contributed by atoms with Gasteiger partial charge in [-0.1, -0.05) is 18.6 Å². The summed E-state index contributed by atoms with van der Waals surface area (Å²) in [5, 5.41) is 0. The van der Waals surface area contributed by atoms with Crippen molar-refractivity contribution in [2.45, 2.75) is 40.0 Å². The predicted octanol–water partition coefficient (Wildman–Crippen LogP) is 3.48. The summed E-state index contributed by atoms with van der Waals surface area (Å²) in [6.45, 7) is 6.46. The summed E-state index contributed by atoms with van der Waals surface area (Å²) in [7, 11) is 0. The van der Waals surface area contributed by atoms with Crippen LogP contribution in [-0.4, -0.2) is 4.98 Å². The van der Waals surface area contributed by atoms with E-state index in [0.29, 0.717) is 0 Å². The van der Waals surface area contributed by atoms with Crippen LogP contribution in [-0.2, 0) is 12.8 Å². The lowest BCUT2D eigenvalue weighted by Crippen LogP contribution is -1.85. The lowest BCUT2D eigenvalue weighted by atomic mass is 10.2. The molecule has 0 saturated heterocycles. The molecule has 0 bridgehead atoms. The Morgan fingerprint density at radius 3 is 2.54 bits per heavy atom. The first-order valence-corrected chi connectivity index (χ1v) is 5.02. The largest absolute Gasteiger partial charge is 0.362 e. The van der Waals surface area contributed by atoms with Gasteiger partial charge in [0.1, 0.15) is 0 Å². The summed E-state index contributed by atoms with van der Waals surface area (Å²) in [5.74, 6) is 0. The van der Waals surface area contributed by atoms with E-state index >= 15 is 0 Å². The molecule has 0 aromatic carbocycles. The maximum Gasteiger partial charge on any atom is 0.0152 e. The molecule has 1 heteroatoms. The van der Waals surface area contributed by atoms with Crippen LogP contribution >= 0.6 is 0 Å². The fourth-order valence-corrected chi connectivity index (χ4v) is 1.36. The quantitative estimate of drug-likeness (QED) is 0.678. The molecule has 1 aromatic rings. The Morgan fingerprint density at radius 2 is 2.00 bits per heavy atom. The summed E-state index contributed by atoms with van der Waals surface area (Å²) in [6.07, 6.45) is 5.66. The van der Waals surface area contributed by atoms with Gasteiger partial charge in [-0.25, -0.2) is 0 Å². The van der Waals surface area contributed by atoms with Crippen LogP contribution in [0.15, 0.2) is 23.8 Å². The zero-order chi connectivity index (χ0) is 9.68. The molecule has 0 atom stereocenters. The Morgan fingerprint density at radius 1 is 1.31 bits per heavy atom. The molecule has 1 nitrogen and oxygen atoms in total. The van der Waals surface area contributed by atoms with Crippen molar-refractivity contribution >= 4 is 0 Å². The van der Waals surface area contributed by atoms with Crippen molar-refractivity contribution < 1.29 is 0 Å². The Hall–Kier alpha value is -0.980. The van der Waals surface area contributed by atoms with Crippen LogP contribution in [0, 0.1) is 0 Å². The minimum Gasteiger partial charge on any atom is -0.362 e. The van der Waals surface area contributed by atoms with E-state index in [4.69, 9.17) is 0 Å². The third-order valence-electron chi connectivity index (χ3n) is 2.15. The molecule has 0 aliphatic heterocycles. The van der Waals surface area contributed by atoms with Crippen LogP contribution in [0.4, 0.5) is 0 Å². The van der Waals surface area contributed by atoms with E-state index in [-0.39, 0.29) is 0 Å². The van der Waals surface area contributed by atoms with Gasteiger partial charge < -0.3 is 4.98 Å². The summed E-state index contributed by atoms with van der Waals surface area (Å²) < 4.78 is 0. The first kappa shape index (κ1) is 10.1. The van der Waals surface area contributed by atoms with Gasteiger partial charge in [-0.3, -0.25) is 0 Å². The van der Waals surface area contributed by atoms with Gasteiger partial charge >= 0.3 is 0 Å². The molecule has 1 rings (SSSR count). The van der Waals surface area contributed by atoms with Gasteiger partial charge in [-0.05, 0) is 45.2 Å². The third-order valence-corrected chi connectivity index (χ3v) is 2.15. The zero-order valence-corrected chi connectivity index (χ0v) is 8.85. The van der Waals surface area contributed by atoms with Crippen LogP contribution in [0.3, 0.4) is 0 Å². The van der Waals surface area contributed by atoms with Crippen molar-refractivity contribution in [2.75, 3.05) is 0 Å². The topological polar surface area (TPSA) is 15.8 Å². The van der Waals surface area contributed by atoms with Gasteiger partial charge in [0.25, 0.3) is 0 Å². The van der Waals surface area contributed by atoms with E-state index in [0.717, 1.165) is 19.3 Å². The van der Waals surface area contributed by atoms with E-state index in [2.05, 4.69) is 44.0 Å². The average Bonchev–Trinajstić information content (AvgIpc) is 2.52. The number of hydrogen-bond donors (Lipinski definition) is 1. The summed E-state index contributed by atoms with van der Waals surface area (Å²) >= 11 is 0. The molecule has 1 aromatic heterocycles. The van der Waals surface area contributed by atoms with Crippen molar-refractivity contribution in [1.29, 1.82) is 0 Å². The van der Waals surface area contributed by atoms with Gasteiger partial charge in [0.2, 0.25) is 0 Å². The second kappa shape index (κ2) is 4.90. The number of aromatic nitrogens is 1. The SMILES string of the molecule is CCc1ccc(CCC=C(C)C)[nH]1. The first-order chi connectivity index (χ1) is 6.22. The average molecular weight is 177 g/mol. The molecular weight excluding hydrogens is 158 g/mol. The molecule has 0 fully saturated rings. The fourth-order valence-electron chi connectivity index (χ4n) is 1.36. The van der Waals surface area contributed by atoms with E-state index in [1.54, 1.807) is 0 Å². The normalized spacial score (nSPS) is 10.1. The molecule has 0 saturated carbocycles. The second-order valence-electron chi connectivity index (χ2n) is 3.68. The molecule has 1 heterocycles.